The van der Waals surface area contributed by atoms with Crippen LogP contribution in [0.3, 0.4) is 0 Å². The first-order valence-corrected chi connectivity index (χ1v) is 10.9. The van der Waals surface area contributed by atoms with Crippen LogP contribution in [0.5, 0.6) is 5.75 Å². The van der Waals surface area contributed by atoms with E-state index in [0.717, 1.165) is 33.4 Å². The molecule has 0 bridgehead atoms. The van der Waals surface area contributed by atoms with Crippen molar-refractivity contribution >= 4 is 29.4 Å². The SMILES string of the molecule is C=COC(=O)c1ccc2c(c1)C(C)c1cc(OC(=O)c3ccc(N4C(=O)C=CC4=O)cc3)ccc1-2. The van der Waals surface area contributed by atoms with E-state index in [1.54, 1.807) is 12.1 Å². The summed E-state index contributed by atoms with van der Waals surface area (Å²) in [5.41, 5.74) is 5.08. The van der Waals surface area contributed by atoms with Gasteiger partial charge in [-0.3, -0.25) is 9.59 Å². The molecule has 1 aliphatic heterocycles. The highest BCUT2D eigenvalue weighted by atomic mass is 16.5. The largest absolute Gasteiger partial charge is 0.432 e. The third-order valence-corrected chi connectivity index (χ3v) is 6.10. The normalized spacial score (nSPS) is 15.6. The maximum absolute atomic E-state index is 12.7. The number of carbonyl (C=O) groups excluding carboxylic acids is 4. The molecule has 0 aromatic heterocycles. The zero-order valence-electron chi connectivity index (χ0n) is 18.7. The van der Waals surface area contributed by atoms with Gasteiger partial charge in [0.2, 0.25) is 0 Å². The fraction of sp³-hybridized carbons (Fsp3) is 0.0714. The second kappa shape index (κ2) is 8.53. The van der Waals surface area contributed by atoms with Gasteiger partial charge in [0.25, 0.3) is 11.8 Å². The maximum Gasteiger partial charge on any atom is 0.343 e. The third-order valence-electron chi connectivity index (χ3n) is 6.10. The van der Waals surface area contributed by atoms with E-state index in [4.69, 9.17) is 9.47 Å². The number of fused-ring (bicyclic) bond motifs is 3. The Morgan fingerprint density at radius 2 is 1.43 bits per heavy atom. The standard InChI is InChI=1S/C28H19NO6/c1-3-34-27(32)18-6-10-21-22-11-9-20(15-24(22)16(2)23(21)14-18)35-28(33)17-4-7-19(8-5-17)29-25(30)12-13-26(29)31/h3-16H,1H2,2H3. The van der Waals surface area contributed by atoms with Gasteiger partial charge in [-0.25, -0.2) is 14.5 Å². The summed E-state index contributed by atoms with van der Waals surface area (Å²) in [6.07, 6.45) is 3.50. The van der Waals surface area contributed by atoms with E-state index in [2.05, 4.69) is 6.58 Å². The number of rotatable bonds is 5. The topological polar surface area (TPSA) is 90.0 Å². The molecular formula is C28H19NO6. The van der Waals surface area contributed by atoms with E-state index < -0.39 is 23.8 Å². The Morgan fingerprint density at radius 1 is 0.829 bits per heavy atom. The fourth-order valence-corrected chi connectivity index (χ4v) is 4.38. The smallest absolute Gasteiger partial charge is 0.343 e. The van der Waals surface area contributed by atoms with Crippen LogP contribution in [0.2, 0.25) is 0 Å². The molecule has 7 heteroatoms. The van der Waals surface area contributed by atoms with Crippen LogP contribution >= 0.6 is 0 Å². The lowest BCUT2D eigenvalue weighted by Gasteiger charge is -2.14. The molecule has 0 spiro atoms. The van der Waals surface area contributed by atoms with Crippen molar-refractivity contribution in [3.8, 4) is 16.9 Å². The number of benzene rings is 3. The second-order valence-corrected chi connectivity index (χ2v) is 8.13. The average molecular weight is 465 g/mol. The Labute approximate surface area is 200 Å². The summed E-state index contributed by atoms with van der Waals surface area (Å²) in [5, 5.41) is 0. The number of hydrogen-bond acceptors (Lipinski definition) is 6. The molecule has 0 fully saturated rings. The summed E-state index contributed by atoms with van der Waals surface area (Å²) < 4.78 is 10.5. The third kappa shape index (κ3) is 3.83. The van der Waals surface area contributed by atoms with Crippen LogP contribution in [0.25, 0.3) is 11.1 Å². The van der Waals surface area contributed by atoms with Crippen LogP contribution < -0.4 is 9.64 Å². The van der Waals surface area contributed by atoms with Gasteiger partial charge in [-0.05, 0) is 70.8 Å². The van der Waals surface area contributed by atoms with Crippen molar-refractivity contribution < 1.29 is 28.7 Å². The Morgan fingerprint density at radius 3 is 2.09 bits per heavy atom. The van der Waals surface area contributed by atoms with E-state index in [9.17, 15) is 19.2 Å². The predicted octanol–water partition coefficient (Wildman–Crippen LogP) is 4.77. The molecule has 0 radical (unpaired) electrons. The molecule has 5 rings (SSSR count). The Bertz CT molecular complexity index is 1430. The van der Waals surface area contributed by atoms with Gasteiger partial charge in [0, 0.05) is 18.1 Å². The van der Waals surface area contributed by atoms with Gasteiger partial charge in [-0.1, -0.05) is 25.6 Å². The highest BCUT2D eigenvalue weighted by Gasteiger charge is 2.28. The molecule has 35 heavy (non-hydrogen) atoms. The molecule has 7 nitrogen and oxygen atoms in total. The monoisotopic (exact) mass is 465 g/mol. The molecule has 1 atom stereocenters. The summed E-state index contributed by atoms with van der Waals surface area (Å²) in [6, 6.07) is 16.9. The number of ether oxygens (including phenoxy) is 2. The van der Waals surface area contributed by atoms with Crippen molar-refractivity contribution in [1.82, 2.24) is 0 Å². The van der Waals surface area contributed by atoms with Crippen LogP contribution in [0.1, 0.15) is 44.7 Å². The van der Waals surface area contributed by atoms with Crippen molar-refractivity contribution in [3.63, 3.8) is 0 Å². The summed E-state index contributed by atoms with van der Waals surface area (Å²) in [5.74, 6) is -1.52. The van der Waals surface area contributed by atoms with Gasteiger partial charge in [0.15, 0.2) is 0 Å². The zero-order valence-corrected chi connectivity index (χ0v) is 18.7. The summed E-state index contributed by atoms with van der Waals surface area (Å²) in [6.45, 7) is 5.43. The average Bonchev–Trinajstić information content (AvgIpc) is 3.34. The second-order valence-electron chi connectivity index (χ2n) is 8.13. The minimum Gasteiger partial charge on any atom is -0.432 e. The first-order chi connectivity index (χ1) is 16.9. The molecule has 2 aliphatic rings. The van der Waals surface area contributed by atoms with Crippen LogP contribution in [0.15, 0.2) is 85.7 Å². The lowest BCUT2D eigenvalue weighted by atomic mass is 9.98. The molecular weight excluding hydrogens is 446 g/mol. The Kier molecular flexibility index (Phi) is 5.37. The molecule has 0 saturated heterocycles. The number of imide groups is 1. The quantitative estimate of drug-likeness (QED) is 0.233. The zero-order chi connectivity index (χ0) is 24.7. The Hall–Kier alpha value is -4.78. The molecule has 1 unspecified atom stereocenters. The van der Waals surface area contributed by atoms with Crippen LogP contribution in [0.4, 0.5) is 5.69 Å². The van der Waals surface area contributed by atoms with Gasteiger partial charge < -0.3 is 9.47 Å². The van der Waals surface area contributed by atoms with Gasteiger partial charge in [-0.2, -0.15) is 0 Å². The first kappa shape index (κ1) is 22.0. The lowest BCUT2D eigenvalue weighted by molar-refractivity contribution is -0.120. The summed E-state index contributed by atoms with van der Waals surface area (Å²) in [4.78, 5) is 49.5. The highest BCUT2D eigenvalue weighted by molar-refractivity contribution is 6.28. The molecule has 1 heterocycles. The van der Waals surface area contributed by atoms with Gasteiger partial charge >= 0.3 is 11.9 Å². The minimum atomic E-state index is -0.564. The van der Waals surface area contributed by atoms with E-state index in [0.29, 0.717) is 17.0 Å². The van der Waals surface area contributed by atoms with Crippen molar-refractivity contribution in [2.75, 3.05) is 4.90 Å². The lowest BCUT2D eigenvalue weighted by Crippen LogP contribution is -2.29. The van der Waals surface area contributed by atoms with E-state index in [1.807, 2.05) is 31.2 Å². The number of hydrogen-bond donors (Lipinski definition) is 0. The molecule has 172 valence electrons. The van der Waals surface area contributed by atoms with Crippen LogP contribution in [-0.4, -0.2) is 23.8 Å². The van der Waals surface area contributed by atoms with Crippen molar-refractivity contribution in [2.24, 2.45) is 0 Å². The number of carbonyl (C=O) groups is 4. The predicted molar refractivity (Wildman–Crippen MR) is 128 cm³/mol. The molecule has 0 saturated carbocycles. The van der Waals surface area contributed by atoms with E-state index >= 15 is 0 Å². The van der Waals surface area contributed by atoms with Gasteiger partial charge in [0.05, 0.1) is 23.1 Å². The molecule has 2 amide bonds. The van der Waals surface area contributed by atoms with Crippen molar-refractivity contribution in [3.05, 3.63) is 108 Å². The molecule has 1 aliphatic carbocycles. The fourth-order valence-electron chi connectivity index (χ4n) is 4.38. The number of esters is 2. The molecule has 3 aromatic carbocycles. The van der Waals surface area contributed by atoms with Crippen molar-refractivity contribution in [2.45, 2.75) is 12.8 Å². The van der Waals surface area contributed by atoms with E-state index in [-0.39, 0.29) is 11.5 Å². The molecule has 0 N–H and O–H groups in total. The van der Waals surface area contributed by atoms with E-state index in [1.165, 1.54) is 36.4 Å². The minimum absolute atomic E-state index is 0.0152. The van der Waals surface area contributed by atoms with Gasteiger partial charge in [0.1, 0.15) is 5.75 Å². The highest BCUT2D eigenvalue weighted by Crippen LogP contribution is 2.46. The van der Waals surface area contributed by atoms with Gasteiger partial charge in [-0.15, -0.1) is 0 Å². The summed E-state index contributed by atoms with van der Waals surface area (Å²) in [7, 11) is 0. The number of amides is 2. The van der Waals surface area contributed by atoms with Crippen LogP contribution in [0, 0.1) is 0 Å². The summed E-state index contributed by atoms with van der Waals surface area (Å²) >= 11 is 0. The molecule has 3 aromatic rings. The Balaban J connectivity index is 1.34. The number of anilines is 1. The first-order valence-electron chi connectivity index (χ1n) is 10.9. The number of nitrogens with zero attached hydrogens (tertiary/aromatic N) is 1. The maximum atomic E-state index is 12.7. The van der Waals surface area contributed by atoms with Crippen LogP contribution in [-0.2, 0) is 14.3 Å². The van der Waals surface area contributed by atoms with Crippen molar-refractivity contribution in [1.29, 1.82) is 0 Å².